The molecule has 0 aromatic heterocycles. The second-order valence-corrected chi connectivity index (χ2v) is 5.71. The van der Waals surface area contributed by atoms with Crippen LogP contribution in [0.2, 0.25) is 0 Å². The summed E-state index contributed by atoms with van der Waals surface area (Å²) in [6, 6.07) is 1.37. The highest BCUT2D eigenvalue weighted by atomic mass is 16.4. The zero-order valence-electron chi connectivity index (χ0n) is 10.9. The van der Waals surface area contributed by atoms with Crippen LogP contribution in [0.1, 0.15) is 58.3 Å². The van der Waals surface area contributed by atoms with Crippen molar-refractivity contribution in [2.24, 2.45) is 5.92 Å². The molecule has 2 saturated carbocycles. The van der Waals surface area contributed by atoms with E-state index >= 15 is 0 Å². The van der Waals surface area contributed by atoms with E-state index in [0.29, 0.717) is 18.5 Å². The van der Waals surface area contributed by atoms with E-state index in [4.69, 9.17) is 5.11 Å². The molecule has 2 aliphatic carbocycles. The molecule has 0 spiro atoms. The van der Waals surface area contributed by atoms with Gasteiger partial charge in [-0.15, -0.1) is 0 Å². The topological polar surface area (TPSA) is 40.5 Å². The van der Waals surface area contributed by atoms with Gasteiger partial charge < -0.3 is 5.11 Å². The highest BCUT2D eigenvalue weighted by Crippen LogP contribution is 2.36. The Kier molecular flexibility index (Phi) is 4.43. The summed E-state index contributed by atoms with van der Waals surface area (Å²) < 4.78 is 0. The summed E-state index contributed by atoms with van der Waals surface area (Å²) in [6.07, 6.45) is 9.46. The molecule has 2 rings (SSSR count). The molecule has 2 aliphatic rings. The van der Waals surface area contributed by atoms with Crippen LogP contribution in [0.25, 0.3) is 0 Å². The fraction of sp³-hybridized carbons (Fsp3) is 0.929. The van der Waals surface area contributed by atoms with Gasteiger partial charge >= 0.3 is 5.97 Å². The maximum absolute atomic E-state index is 10.7. The van der Waals surface area contributed by atoms with Crippen LogP contribution < -0.4 is 0 Å². The lowest BCUT2D eigenvalue weighted by molar-refractivity contribution is -0.137. The Hall–Kier alpha value is -0.570. The number of hydrogen-bond acceptors (Lipinski definition) is 2. The molecular weight excluding hydrogens is 214 g/mol. The molecule has 0 amide bonds. The van der Waals surface area contributed by atoms with Crippen molar-refractivity contribution in [3.8, 4) is 0 Å². The lowest BCUT2D eigenvalue weighted by Crippen LogP contribution is -2.41. The van der Waals surface area contributed by atoms with Gasteiger partial charge in [-0.1, -0.05) is 26.2 Å². The Morgan fingerprint density at radius 2 is 2.00 bits per heavy atom. The monoisotopic (exact) mass is 239 g/mol. The minimum Gasteiger partial charge on any atom is -0.481 e. The predicted molar refractivity (Wildman–Crippen MR) is 68.0 cm³/mol. The zero-order valence-corrected chi connectivity index (χ0v) is 10.9. The molecule has 0 aromatic rings. The first-order valence-electron chi connectivity index (χ1n) is 7.18. The number of aliphatic carboxylic acids is 1. The number of carboxylic acids is 1. The van der Waals surface area contributed by atoms with Crippen LogP contribution in [-0.2, 0) is 4.79 Å². The van der Waals surface area contributed by atoms with E-state index in [1.54, 1.807) is 0 Å². The molecule has 98 valence electrons. The van der Waals surface area contributed by atoms with Gasteiger partial charge in [0.05, 0.1) is 6.42 Å². The number of carboxylic acid groups (broad SMARTS) is 1. The fourth-order valence-corrected chi connectivity index (χ4v) is 3.23. The van der Waals surface area contributed by atoms with Crippen molar-refractivity contribution in [3.63, 3.8) is 0 Å². The molecule has 3 nitrogen and oxygen atoms in total. The minimum absolute atomic E-state index is 0.309. The van der Waals surface area contributed by atoms with Crippen LogP contribution in [0, 0.1) is 5.92 Å². The van der Waals surface area contributed by atoms with Crippen molar-refractivity contribution in [2.75, 3.05) is 6.54 Å². The molecule has 0 heterocycles. The van der Waals surface area contributed by atoms with Gasteiger partial charge in [-0.2, -0.15) is 0 Å². The molecule has 2 atom stereocenters. The molecule has 0 aromatic carbocycles. The highest BCUT2D eigenvalue weighted by Gasteiger charge is 2.35. The van der Waals surface area contributed by atoms with Gasteiger partial charge in [-0.25, -0.2) is 0 Å². The van der Waals surface area contributed by atoms with Crippen LogP contribution in [-0.4, -0.2) is 34.6 Å². The number of hydrogen-bond donors (Lipinski definition) is 1. The Morgan fingerprint density at radius 3 is 2.59 bits per heavy atom. The Balaban J connectivity index is 1.88. The normalized spacial score (nSPS) is 29.5. The van der Waals surface area contributed by atoms with Crippen molar-refractivity contribution >= 4 is 5.97 Å². The van der Waals surface area contributed by atoms with E-state index in [9.17, 15) is 4.79 Å². The first-order chi connectivity index (χ1) is 8.20. The molecule has 0 radical (unpaired) electrons. The molecule has 0 saturated heterocycles. The first kappa shape index (κ1) is 12.9. The van der Waals surface area contributed by atoms with Gasteiger partial charge in [0, 0.05) is 18.6 Å². The van der Waals surface area contributed by atoms with Gasteiger partial charge in [0.1, 0.15) is 0 Å². The molecule has 1 N–H and O–H groups in total. The van der Waals surface area contributed by atoms with Crippen molar-refractivity contribution < 1.29 is 9.90 Å². The minimum atomic E-state index is -0.654. The van der Waals surface area contributed by atoms with Gasteiger partial charge in [-0.3, -0.25) is 9.69 Å². The molecule has 3 heteroatoms. The van der Waals surface area contributed by atoms with E-state index in [1.807, 2.05) is 0 Å². The fourth-order valence-electron chi connectivity index (χ4n) is 3.23. The third kappa shape index (κ3) is 3.70. The van der Waals surface area contributed by atoms with Crippen LogP contribution in [0.3, 0.4) is 0 Å². The number of nitrogens with zero attached hydrogens (tertiary/aromatic N) is 1. The van der Waals surface area contributed by atoms with Gasteiger partial charge in [0.15, 0.2) is 0 Å². The lowest BCUT2D eigenvalue weighted by Gasteiger charge is -2.37. The molecule has 0 aliphatic heterocycles. The zero-order chi connectivity index (χ0) is 12.3. The first-order valence-corrected chi connectivity index (χ1v) is 7.18. The van der Waals surface area contributed by atoms with Gasteiger partial charge in [0.2, 0.25) is 0 Å². The maximum Gasteiger partial charge on any atom is 0.304 e. The van der Waals surface area contributed by atoms with Crippen LogP contribution in [0.5, 0.6) is 0 Å². The predicted octanol–water partition coefficient (Wildman–Crippen LogP) is 2.89. The van der Waals surface area contributed by atoms with Crippen molar-refractivity contribution in [1.82, 2.24) is 4.90 Å². The van der Waals surface area contributed by atoms with Gasteiger partial charge in [0.25, 0.3) is 0 Å². The summed E-state index contributed by atoms with van der Waals surface area (Å²) in [6.45, 7) is 3.05. The van der Waals surface area contributed by atoms with Gasteiger partial charge in [-0.05, 0) is 31.6 Å². The molecule has 2 fully saturated rings. The van der Waals surface area contributed by atoms with Crippen molar-refractivity contribution in [2.45, 2.75) is 70.4 Å². The summed E-state index contributed by atoms with van der Waals surface area (Å²) in [5, 5.41) is 8.83. The molecule has 2 unspecified atom stereocenters. The molecule has 0 bridgehead atoms. The third-order valence-corrected chi connectivity index (χ3v) is 4.40. The average molecular weight is 239 g/mol. The smallest absolute Gasteiger partial charge is 0.304 e. The van der Waals surface area contributed by atoms with Crippen molar-refractivity contribution in [1.29, 1.82) is 0 Å². The highest BCUT2D eigenvalue weighted by molar-refractivity contribution is 5.66. The standard InChI is InChI=1S/C14H25NO2/c1-2-11-4-3-5-13(10-11)15(12-6-7-12)9-8-14(16)17/h11-13H,2-10H2,1H3,(H,16,17). The maximum atomic E-state index is 10.7. The van der Waals surface area contributed by atoms with E-state index in [0.717, 1.165) is 12.5 Å². The lowest BCUT2D eigenvalue weighted by atomic mass is 9.83. The third-order valence-electron chi connectivity index (χ3n) is 4.40. The Bertz CT molecular complexity index is 263. The summed E-state index contributed by atoms with van der Waals surface area (Å²) in [5.41, 5.74) is 0. The summed E-state index contributed by atoms with van der Waals surface area (Å²) in [5.74, 6) is 0.221. The van der Waals surface area contributed by atoms with E-state index in [1.165, 1.54) is 44.9 Å². The van der Waals surface area contributed by atoms with Crippen molar-refractivity contribution in [3.05, 3.63) is 0 Å². The number of carbonyl (C=O) groups is 1. The van der Waals surface area contributed by atoms with E-state index in [2.05, 4.69) is 11.8 Å². The SMILES string of the molecule is CCC1CCCC(N(CCC(=O)O)C2CC2)C1. The molecule has 17 heavy (non-hydrogen) atoms. The second-order valence-electron chi connectivity index (χ2n) is 5.71. The largest absolute Gasteiger partial charge is 0.481 e. The second kappa shape index (κ2) is 5.85. The van der Waals surface area contributed by atoms with Crippen LogP contribution >= 0.6 is 0 Å². The number of rotatable bonds is 6. The van der Waals surface area contributed by atoms with Crippen LogP contribution in [0.4, 0.5) is 0 Å². The summed E-state index contributed by atoms with van der Waals surface area (Å²) in [4.78, 5) is 13.2. The quantitative estimate of drug-likeness (QED) is 0.774. The Labute approximate surface area is 104 Å². The Morgan fingerprint density at radius 1 is 1.24 bits per heavy atom. The van der Waals surface area contributed by atoms with Crippen LogP contribution in [0.15, 0.2) is 0 Å². The summed E-state index contributed by atoms with van der Waals surface area (Å²) >= 11 is 0. The van der Waals surface area contributed by atoms with E-state index < -0.39 is 5.97 Å². The molecular formula is C14H25NO2. The van der Waals surface area contributed by atoms with E-state index in [-0.39, 0.29) is 0 Å². The summed E-state index contributed by atoms with van der Waals surface area (Å²) in [7, 11) is 0. The average Bonchev–Trinajstić information content (AvgIpc) is 3.14.